The molecule has 0 saturated heterocycles. The van der Waals surface area contributed by atoms with Gasteiger partial charge in [-0.25, -0.2) is 4.68 Å². The summed E-state index contributed by atoms with van der Waals surface area (Å²) in [5.74, 6) is 0.347. The van der Waals surface area contributed by atoms with Crippen molar-refractivity contribution in [2.75, 3.05) is 5.43 Å². The van der Waals surface area contributed by atoms with Crippen LogP contribution in [0.1, 0.15) is 16.9 Å². The Hall–Kier alpha value is -3.92. The highest BCUT2D eigenvalue weighted by Crippen LogP contribution is 2.29. The number of thioether (sulfide) groups is 1. The van der Waals surface area contributed by atoms with Gasteiger partial charge in [0.25, 0.3) is 0 Å². The Morgan fingerprint density at radius 2 is 1.84 bits per heavy atom. The number of hydrogen-bond acceptors (Lipinski definition) is 9. The number of para-hydroxylation sites is 1. The second-order valence-electron chi connectivity index (χ2n) is 7.01. The van der Waals surface area contributed by atoms with E-state index in [1.54, 1.807) is 16.8 Å². The third-order valence-corrected chi connectivity index (χ3v) is 5.63. The van der Waals surface area contributed by atoms with Gasteiger partial charge in [-0.05, 0) is 13.0 Å². The molecular weight excluding hydrogens is 432 g/mol. The van der Waals surface area contributed by atoms with Crippen molar-refractivity contribution >= 4 is 11.8 Å². The average Bonchev–Trinajstić information content (AvgIpc) is 3.19. The molecule has 0 atom stereocenters. The molecular formula is C22H20N4O5S. The molecule has 0 spiro atoms. The van der Waals surface area contributed by atoms with Gasteiger partial charge in [-0.15, -0.1) is 10.2 Å². The number of nitrogens with one attached hydrogen (secondary N) is 1. The minimum Gasteiger partial charge on any atom is -0.504 e. The summed E-state index contributed by atoms with van der Waals surface area (Å²) in [4.78, 5) is 11.6. The van der Waals surface area contributed by atoms with Crippen molar-refractivity contribution in [3.63, 3.8) is 0 Å². The van der Waals surface area contributed by atoms with Gasteiger partial charge in [-0.2, -0.15) is 0 Å². The molecule has 2 aromatic heterocycles. The largest absolute Gasteiger partial charge is 0.504 e. The first-order valence-electron chi connectivity index (χ1n) is 9.62. The van der Waals surface area contributed by atoms with Gasteiger partial charge in [0.1, 0.15) is 12.0 Å². The van der Waals surface area contributed by atoms with Crippen molar-refractivity contribution in [1.29, 1.82) is 0 Å². The first kappa shape index (κ1) is 21.3. The predicted octanol–water partition coefficient (Wildman–Crippen LogP) is 3.36. The monoisotopic (exact) mass is 452 g/mol. The number of aromatic hydroxyl groups is 3. The van der Waals surface area contributed by atoms with E-state index in [0.29, 0.717) is 22.3 Å². The number of nitrogens with zero attached hydrogens (tertiary/aromatic N) is 3. The standard InChI is InChI=1S/C22H20N4O5S/c1-13-5-7-14(8-6-13)21-24-25-22(32-12-16-9-18(28)19(29)11-31-16)26(21)23-10-15-3-2-4-17(27)20(15)30/h2-9,11,23,27,29-30H,10,12H2,1H3. The van der Waals surface area contributed by atoms with Crippen LogP contribution in [0.2, 0.25) is 0 Å². The van der Waals surface area contributed by atoms with Crippen LogP contribution in [0.3, 0.4) is 0 Å². The number of phenolic OH excluding ortho intramolecular Hbond substituents is 2. The van der Waals surface area contributed by atoms with Crippen molar-refractivity contribution in [3.05, 3.63) is 81.9 Å². The van der Waals surface area contributed by atoms with E-state index in [9.17, 15) is 20.1 Å². The molecule has 0 aliphatic rings. The molecule has 0 fully saturated rings. The molecule has 0 radical (unpaired) electrons. The summed E-state index contributed by atoms with van der Waals surface area (Å²) in [5, 5.41) is 38.3. The Bertz CT molecular complexity index is 1300. The van der Waals surface area contributed by atoms with E-state index in [2.05, 4.69) is 15.6 Å². The lowest BCUT2D eigenvalue weighted by Crippen LogP contribution is -2.17. The second kappa shape index (κ2) is 9.06. The van der Waals surface area contributed by atoms with Crippen molar-refractivity contribution in [2.24, 2.45) is 0 Å². The maximum Gasteiger partial charge on any atom is 0.226 e. The average molecular weight is 452 g/mol. The molecule has 2 heterocycles. The summed E-state index contributed by atoms with van der Waals surface area (Å²) in [6.45, 7) is 2.18. The van der Waals surface area contributed by atoms with E-state index in [-0.39, 0.29) is 23.8 Å². The van der Waals surface area contributed by atoms with E-state index in [0.717, 1.165) is 17.4 Å². The lowest BCUT2D eigenvalue weighted by atomic mass is 10.1. The number of aromatic nitrogens is 3. The molecule has 4 rings (SSSR count). The second-order valence-corrected chi connectivity index (χ2v) is 7.95. The van der Waals surface area contributed by atoms with E-state index >= 15 is 0 Å². The quantitative estimate of drug-likeness (QED) is 0.246. The number of benzene rings is 2. The fraction of sp³-hybridized carbons (Fsp3) is 0.136. The molecule has 0 aliphatic carbocycles. The van der Waals surface area contributed by atoms with E-state index in [4.69, 9.17) is 4.42 Å². The third kappa shape index (κ3) is 4.54. The zero-order chi connectivity index (χ0) is 22.7. The molecule has 4 aromatic rings. The maximum atomic E-state index is 11.6. The minimum absolute atomic E-state index is 0.193. The molecule has 32 heavy (non-hydrogen) atoms. The van der Waals surface area contributed by atoms with Gasteiger partial charge < -0.3 is 25.2 Å². The molecule has 0 bridgehead atoms. The topological polar surface area (TPSA) is 134 Å². The summed E-state index contributed by atoms with van der Waals surface area (Å²) >= 11 is 1.28. The fourth-order valence-electron chi connectivity index (χ4n) is 2.94. The van der Waals surface area contributed by atoms with Crippen LogP contribution in [-0.2, 0) is 12.3 Å². The van der Waals surface area contributed by atoms with Gasteiger partial charge >= 0.3 is 0 Å². The van der Waals surface area contributed by atoms with Crippen molar-refractivity contribution in [3.8, 4) is 28.6 Å². The molecule has 9 nitrogen and oxygen atoms in total. The number of aryl methyl sites for hydroxylation is 1. The van der Waals surface area contributed by atoms with Crippen molar-refractivity contribution in [1.82, 2.24) is 14.9 Å². The fourth-order valence-corrected chi connectivity index (χ4v) is 3.74. The summed E-state index contributed by atoms with van der Waals surface area (Å²) in [6, 6.07) is 13.7. The number of phenols is 2. The highest BCUT2D eigenvalue weighted by Gasteiger charge is 2.16. The zero-order valence-electron chi connectivity index (χ0n) is 17.0. The molecule has 164 valence electrons. The van der Waals surface area contributed by atoms with Crippen molar-refractivity contribution in [2.45, 2.75) is 24.4 Å². The van der Waals surface area contributed by atoms with Gasteiger partial charge in [0.05, 0.1) is 12.3 Å². The molecule has 0 unspecified atom stereocenters. The van der Waals surface area contributed by atoms with E-state index < -0.39 is 11.2 Å². The molecule has 0 saturated carbocycles. The Labute approximate surface area is 187 Å². The summed E-state index contributed by atoms with van der Waals surface area (Å²) < 4.78 is 6.93. The van der Waals surface area contributed by atoms with Crippen LogP contribution in [0.5, 0.6) is 17.2 Å². The normalized spacial score (nSPS) is 10.9. The van der Waals surface area contributed by atoms with Crippen LogP contribution in [0.15, 0.2) is 69.2 Å². The Balaban J connectivity index is 1.63. The lowest BCUT2D eigenvalue weighted by molar-refractivity contribution is 0.399. The van der Waals surface area contributed by atoms with Crippen molar-refractivity contribution < 1.29 is 19.7 Å². The van der Waals surface area contributed by atoms with Gasteiger partial charge in [-0.3, -0.25) is 4.79 Å². The Morgan fingerprint density at radius 1 is 1.06 bits per heavy atom. The highest BCUT2D eigenvalue weighted by molar-refractivity contribution is 7.98. The van der Waals surface area contributed by atoms with Crippen LogP contribution in [0.4, 0.5) is 0 Å². The number of rotatable bonds is 7. The van der Waals surface area contributed by atoms with Crippen LogP contribution in [0, 0.1) is 6.92 Å². The minimum atomic E-state index is -0.522. The SMILES string of the molecule is Cc1ccc(-c2nnc(SCc3cc(=O)c(O)co3)n2NCc2cccc(O)c2O)cc1. The molecule has 10 heteroatoms. The Morgan fingerprint density at radius 3 is 2.59 bits per heavy atom. The highest BCUT2D eigenvalue weighted by atomic mass is 32.2. The van der Waals surface area contributed by atoms with Gasteiger partial charge in [0.2, 0.25) is 10.6 Å². The molecule has 0 aliphatic heterocycles. The van der Waals surface area contributed by atoms with Crippen LogP contribution in [0.25, 0.3) is 11.4 Å². The molecule has 0 amide bonds. The summed E-state index contributed by atoms with van der Waals surface area (Å²) in [6.07, 6.45) is 1.00. The first-order chi connectivity index (χ1) is 15.4. The van der Waals surface area contributed by atoms with Crippen LogP contribution >= 0.6 is 11.8 Å². The maximum absolute atomic E-state index is 11.6. The van der Waals surface area contributed by atoms with Gasteiger partial charge in [-0.1, -0.05) is 53.7 Å². The van der Waals surface area contributed by atoms with Crippen LogP contribution < -0.4 is 10.9 Å². The zero-order valence-corrected chi connectivity index (χ0v) is 17.8. The van der Waals surface area contributed by atoms with Gasteiger partial charge in [0.15, 0.2) is 23.1 Å². The third-order valence-electron chi connectivity index (χ3n) is 4.68. The van der Waals surface area contributed by atoms with Gasteiger partial charge in [0, 0.05) is 17.2 Å². The van der Waals surface area contributed by atoms with E-state index in [1.165, 1.54) is 23.9 Å². The smallest absolute Gasteiger partial charge is 0.226 e. The summed E-state index contributed by atoms with van der Waals surface area (Å²) in [5.41, 5.74) is 5.09. The first-order valence-corrected chi connectivity index (χ1v) is 10.6. The van der Waals surface area contributed by atoms with Crippen LogP contribution in [-0.4, -0.2) is 30.2 Å². The molecule has 4 N–H and O–H groups in total. The Kier molecular flexibility index (Phi) is 6.04. The molecule has 2 aromatic carbocycles. The summed E-state index contributed by atoms with van der Waals surface area (Å²) in [7, 11) is 0. The number of hydrogen-bond donors (Lipinski definition) is 4. The van der Waals surface area contributed by atoms with E-state index in [1.807, 2.05) is 31.2 Å². The lowest BCUT2D eigenvalue weighted by Gasteiger charge is -2.14. The predicted molar refractivity (Wildman–Crippen MR) is 119 cm³/mol.